The van der Waals surface area contributed by atoms with E-state index in [9.17, 15) is 4.79 Å². The van der Waals surface area contributed by atoms with Crippen LogP contribution < -0.4 is 5.73 Å². The molecule has 0 saturated heterocycles. The molecule has 0 radical (unpaired) electrons. The third kappa shape index (κ3) is 2.27. The maximum absolute atomic E-state index is 10.9. The summed E-state index contributed by atoms with van der Waals surface area (Å²) in [6.07, 6.45) is 1.69. The van der Waals surface area contributed by atoms with Gasteiger partial charge in [0.05, 0.1) is 12.7 Å². The van der Waals surface area contributed by atoms with E-state index in [2.05, 4.69) is 19.7 Å². The number of anilines is 1. The second-order valence-corrected chi connectivity index (χ2v) is 4.56. The number of carbonyl (C=O) groups is 1. The molecular weight excluding hydrogens is 294 g/mol. The van der Waals surface area contributed by atoms with Gasteiger partial charge in [-0.2, -0.15) is 9.97 Å². The lowest BCUT2D eigenvalue weighted by atomic mass is 10.2. The molecule has 1 aromatic carbocycles. The van der Waals surface area contributed by atoms with Crippen molar-refractivity contribution in [3.05, 3.63) is 41.4 Å². The molecule has 0 amide bonds. The molecule has 5 heterocycles. The van der Waals surface area contributed by atoms with Crippen molar-refractivity contribution in [1.29, 1.82) is 0 Å². The minimum Gasteiger partial charge on any atom is -0.465 e. The van der Waals surface area contributed by atoms with Crippen LogP contribution in [0.1, 0.15) is 10.4 Å². The van der Waals surface area contributed by atoms with E-state index >= 15 is 0 Å². The predicted octanol–water partition coefficient (Wildman–Crippen LogP) is 1.86. The molecule has 0 atom stereocenters. The first-order valence-electron chi connectivity index (χ1n) is 5.95. The Morgan fingerprint density at radius 1 is 1.33 bits per heavy atom. The normalized spacial score (nSPS) is 10.8. The van der Waals surface area contributed by atoms with E-state index in [1.807, 2.05) is 0 Å². The number of ether oxygens (including phenoxy) is 1. The lowest BCUT2D eigenvalue weighted by Crippen LogP contribution is -2.01. The smallest absolute Gasteiger partial charge is 0.337 e. The second kappa shape index (κ2) is 5.02. The van der Waals surface area contributed by atoms with Crippen LogP contribution in [0.3, 0.4) is 0 Å². The van der Waals surface area contributed by atoms with Crippen molar-refractivity contribution in [2.45, 2.75) is 0 Å². The number of nitrogens with zero attached hydrogens (tertiary/aromatic N) is 4. The SMILES string of the molecule is COC(=O)c1cccc(N)c1.Clc1nc2c3ncn2c3n1. The van der Waals surface area contributed by atoms with E-state index in [4.69, 9.17) is 17.3 Å². The summed E-state index contributed by atoms with van der Waals surface area (Å²) in [5, 5.41) is 0.301. The number of carbonyl (C=O) groups excluding carboxylic acids is 1. The highest BCUT2D eigenvalue weighted by Gasteiger charge is 2.17. The van der Waals surface area contributed by atoms with E-state index in [-0.39, 0.29) is 5.97 Å². The van der Waals surface area contributed by atoms with Crippen molar-refractivity contribution in [3.8, 4) is 0 Å². The average molecular weight is 304 g/mol. The molecule has 0 spiro atoms. The molecule has 0 fully saturated rings. The van der Waals surface area contributed by atoms with E-state index < -0.39 is 0 Å². The molecule has 4 bridgehead atoms. The van der Waals surface area contributed by atoms with Crippen LogP contribution in [-0.2, 0) is 4.74 Å². The fourth-order valence-electron chi connectivity index (χ4n) is 1.91. The van der Waals surface area contributed by atoms with Crippen LogP contribution in [0.4, 0.5) is 5.69 Å². The van der Waals surface area contributed by atoms with Crippen LogP contribution in [0.5, 0.6) is 0 Å². The number of aromatic nitrogens is 4. The van der Waals surface area contributed by atoms with Gasteiger partial charge in [0.15, 0.2) is 16.8 Å². The number of esters is 1. The van der Waals surface area contributed by atoms with Gasteiger partial charge >= 0.3 is 5.97 Å². The Morgan fingerprint density at radius 2 is 2.05 bits per heavy atom. The molecular formula is C13H10ClN5O2. The molecule has 6 rings (SSSR count). The van der Waals surface area contributed by atoms with Gasteiger partial charge in [0, 0.05) is 5.69 Å². The Kier molecular flexibility index (Phi) is 3.19. The van der Waals surface area contributed by atoms with Crippen molar-refractivity contribution in [2.75, 3.05) is 12.8 Å². The van der Waals surface area contributed by atoms with Crippen LogP contribution in [0.25, 0.3) is 16.8 Å². The number of methoxy groups -OCH3 is 1. The lowest BCUT2D eigenvalue weighted by molar-refractivity contribution is 0.0601. The third-order valence-corrected chi connectivity index (χ3v) is 3.06. The van der Waals surface area contributed by atoms with Gasteiger partial charge in [0.1, 0.15) is 6.33 Å². The van der Waals surface area contributed by atoms with Crippen LogP contribution in [0, 0.1) is 0 Å². The van der Waals surface area contributed by atoms with Crippen LogP contribution in [0.15, 0.2) is 30.6 Å². The van der Waals surface area contributed by atoms with Crippen molar-refractivity contribution < 1.29 is 9.53 Å². The first kappa shape index (κ1) is 13.3. The summed E-state index contributed by atoms with van der Waals surface area (Å²) < 4.78 is 6.30. The zero-order chi connectivity index (χ0) is 15.0. The fourth-order valence-corrected chi connectivity index (χ4v) is 2.07. The Labute approximate surface area is 124 Å². The summed E-state index contributed by atoms with van der Waals surface area (Å²) in [6.45, 7) is 0. The number of nitrogens with two attached hydrogens (primary N) is 1. The number of rotatable bonds is 1. The Morgan fingerprint density at radius 3 is 2.57 bits per heavy atom. The summed E-state index contributed by atoms with van der Waals surface area (Å²) in [6, 6.07) is 6.65. The van der Waals surface area contributed by atoms with Crippen molar-refractivity contribution >= 4 is 40.1 Å². The fraction of sp³-hybridized carbons (Fsp3) is 0.0769. The summed E-state index contributed by atoms with van der Waals surface area (Å²) in [5.41, 5.74) is 9.01. The predicted molar refractivity (Wildman–Crippen MR) is 77.9 cm³/mol. The number of benzene rings is 1. The maximum Gasteiger partial charge on any atom is 0.337 e. The van der Waals surface area contributed by atoms with Gasteiger partial charge in [-0.3, -0.25) is 4.40 Å². The first-order valence-corrected chi connectivity index (χ1v) is 6.33. The quantitative estimate of drug-likeness (QED) is 0.327. The first-order chi connectivity index (χ1) is 10.1. The van der Waals surface area contributed by atoms with Gasteiger partial charge in [-0.05, 0) is 29.8 Å². The van der Waals surface area contributed by atoms with Gasteiger partial charge in [0.25, 0.3) is 0 Å². The molecule has 0 unspecified atom stereocenters. The molecule has 0 aliphatic heterocycles. The third-order valence-electron chi connectivity index (χ3n) is 2.89. The number of imidazole rings is 2. The summed E-state index contributed by atoms with van der Waals surface area (Å²) >= 11 is 5.55. The Hall–Kier alpha value is -2.67. The highest BCUT2D eigenvalue weighted by atomic mass is 35.5. The Bertz CT molecular complexity index is 828. The van der Waals surface area contributed by atoms with Crippen LogP contribution in [-0.4, -0.2) is 32.4 Å². The van der Waals surface area contributed by atoms with Crippen molar-refractivity contribution in [1.82, 2.24) is 19.4 Å². The van der Waals surface area contributed by atoms with Gasteiger partial charge in [-0.15, -0.1) is 0 Å². The lowest BCUT2D eigenvalue weighted by Gasteiger charge is -2.02. The largest absolute Gasteiger partial charge is 0.465 e. The molecule has 7 nitrogen and oxygen atoms in total. The summed E-state index contributed by atoms with van der Waals surface area (Å²) in [5.74, 6) is -0.364. The molecule has 21 heavy (non-hydrogen) atoms. The number of hydrogen-bond donors (Lipinski definition) is 1. The van der Waals surface area contributed by atoms with E-state index in [1.165, 1.54) is 7.11 Å². The summed E-state index contributed by atoms with van der Waals surface area (Å²) in [4.78, 5) is 22.8. The highest BCUT2D eigenvalue weighted by Crippen LogP contribution is 2.24. The van der Waals surface area contributed by atoms with E-state index in [0.717, 1.165) is 16.8 Å². The minimum atomic E-state index is -0.364. The second-order valence-electron chi connectivity index (χ2n) is 4.22. The topological polar surface area (TPSA) is 95.4 Å². The molecule has 0 aliphatic carbocycles. The average Bonchev–Trinajstić information content (AvgIpc) is 3.10. The molecule has 5 aromatic heterocycles. The Balaban J connectivity index is 0.000000126. The molecule has 2 N–H and O–H groups in total. The molecule has 6 aromatic rings. The van der Waals surface area contributed by atoms with Gasteiger partial charge < -0.3 is 10.5 Å². The number of nitrogen functional groups attached to an aromatic ring is 1. The maximum atomic E-state index is 10.9. The minimum absolute atomic E-state index is 0.301. The molecule has 8 heteroatoms. The molecule has 0 aliphatic rings. The van der Waals surface area contributed by atoms with Gasteiger partial charge in [0.2, 0.25) is 5.28 Å². The van der Waals surface area contributed by atoms with E-state index in [1.54, 1.807) is 35.0 Å². The van der Waals surface area contributed by atoms with Crippen LogP contribution >= 0.6 is 11.6 Å². The van der Waals surface area contributed by atoms with Crippen molar-refractivity contribution in [3.63, 3.8) is 0 Å². The highest BCUT2D eigenvalue weighted by molar-refractivity contribution is 6.29. The monoisotopic (exact) mass is 303 g/mol. The molecule has 0 saturated carbocycles. The number of halogens is 1. The summed E-state index contributed by atoms with van der Waals surface area (Å²) in [7, 11) is 1.34. The number of hydrogen-bond acceptors (Lipinski definition) is 6. The van der Waals surface area contributed by atoms with Gasteiger partial charge in [-0.1, -0.05) is 6.07 Å². The van der Waals surface area contributed by atoms with Crippen LogP contribution in [0.2, 0.25) is 5.28 Å². The van der Waals surface area contributed by atoms with Crippen molar-refractivity contribution in [2.24, 2.45) is 0 Å². The standard InChI is InChI=1S/C8H9NO2.C5HClN4/c1-11-8(10)6-3-2-4-7(9)5-6;6-5-8-3-2-4(9-5)10(3)1-7-2/h2-5H,9H2,1H3;1H. The number of fused-ring (bicyclic) bond motifs is 3. The van der Waals surface area contributed by atoms with Gasteiger partial charge in [-0.25, -0.2) is 9.78 Å². The van der Waals surface area contributed by atoms with E-state index in [0.29, 0.717) is 16.5 Å². The zero-order valence-electron chi connectivity index (χ0n) is 10.9. The zero-order valence-corrected chi connectivity index (χ0v) is 11.7. The molecule has 106 valence electrons.